The first-order valence-corrected chi connectivity index (χ1v) is 6.44. The molecule has 0 unspecified atom stereocenters. The Kier molecular flexibility index (Phi) is 4.36. The van der Waals surface area contributed by atoms with Gasteiger partial charge in [-0.25, -0.2) is 13.6 Å². The number of rotatable bonds is 2. The Morgan fingerprint density at radius 2 is 2.05 bits per heavy atom. The van der Waals surface area contributed by atoms with E-state index in [1.807, 2.05) is 0 Å². The fraction of sp³-hybridized carbons (Fsp3) is 0.417. The van der Waals surface area contributed by atoms with Gasteiger partial charge in [0.1, 0.15) is 5.82 Å². The van der Waals surface area contributed by atoms with E-state index in [1.165, 1.54) is 7.11 Å². The van der Waals surface area contributed by atoms with Gasteiger partial charge in [-0.3, -0.25) is 0 Å². The van der Waals surface area contributed by atoms with Crippen molar-refractivity contribution in [3.8, 4) is 0 Å². The molecule has 7 heteroatoms. The molecule has 1 fully saturated rings. The number of anilines is 1. The minimum atomic E-state index is -0.838. The van der Waals surface area contributed by atoms with Gasteiger partial charge in [-0.15, -0.1) is 0 Å². The summed E-state index contributed by atoms with van der Waals surface area (Å²) in [5.74, 6) is -2.41. The molecule has 1 heterocycles. The highest BCUT2D eigenvalue weighted by molar-refractivity contribution is 9.10. The fourth-order valence-electron chi connectivity index (χ4n) is 1.95. The van der Waals surface area contributed by atoms with Crippen LogP contribution in [0.5, 0.6) is 0 Å². The zero-order valence-corrected chi connectivity index (χ0v) is 11.8. The van der Waals surface area contributed by atoms with Gasteiger partial charge in [0.2, 0.25) is 0 Å². The van der Waals surface area contributed by atoms with Crippen LogP contribution in [0.4, 0.5) is 14.5 Å². The molecule has 1 aromatic rings. The molecule has 0 atom stereocenters. The summed E-state index contributed by atoms with van der Waals surface area (Å²) in [7, 11) is 1.17. The van der Waals surface area contributed by atoms with Crippen LogP contribution in [0.25, 0.3) is 0 Å². The lowest BCUT2D eigenvalue weighted by Crippen LogP contribution is -2.38. The van der Waals surface area contributed by atoms with Gasteiger partial charge in [0.05, 0.1) is 36.0 Å². The van der Waals surface area contributed by atoms with Crippen molar-refractivity contribution >= 4 is 27.6 Å². The summed E-state index contributed by atoms with van der Waals surface area (Å²) in [6.07, 6.45) is 0. The van der Waals surface area contributed by atoms with Crippen LogP contribution in [-0.4, -0.2) is 39.4 Å². The first kappa shape index (κ1) is 14.2. The van der Waals surface area contributed by atoms with Crippen molar-refractivity contribution in [3.63, 3.8) is 0 Å². The smallest absolute Gasteiger partial charge is 0.340 e. The molecule has 0 bridgehead atoms. The molecule has 1 aliphatic rings. The van der Waals surface area contributed by atoms with E-state index >= 15 is 0 Å². The maximum atomic E-state index is 14.2. The van der Waals surface area contributed by atoms with Crippen molar-refractivity contribution in [3.05, 3.63) is 27.7 Å². The van der Waals surface area contributed by atoms with E-state index in [0.717, 1.165) is 6.07 Å². The molecule has 19 heavy (non-hydrogen) atoms. The number of methoxy groups -OCH3 is 1. The SMILES string of the molecule is COC(=O)c1cc(F)c(Br)c(F)c1N1CCOCC1. The molecule has 0 spiro atoms. The van der Waals surface area contributed by atoms with Crippen molar-refractivity contribution in [1.29, 1.82) is 0 Å². The lowest BCUT2D eigenvalue weighted by molar-refractivity contribution is 0.0599. The average Bonchev–Trinajstić information content (AvgIpc) is 2.44. The Labute approximate surface area is 117 Å². The van der Waals surface area contributed by atoms with Crippen molar-refractivity contribution in [2.45, 2.75) is 0 Å². The Morgan fingerprint density at radius 1 is 1.42 bits per heavy atom. The topological polar surface area (TPSA) is 38.8 Å². The second-order valence-corrected chi connectivity index (χ2v) is 4.77. The Balaban J connectivity index is 2.54. The average molecular weight is 336 g/mol. The third-order valence-corrected chi connectivity index (χ3v) is 3.60. The second kappa shape index (κ2) is 5.83. The standard InChI is InChI=1S/C12H12BrF2NO3/c1-18-12(17)7-6-8(14)9(13)10(15)11(7)16-2-4-19-5-3-16/h6H,2-5H2,1H3. The number of hydrogen-bond acceptors (Lipinski definition) is 4. The molecule has 1 aromatic carbocycles. The van der Waals surface area contributed by atoms with Gasteiger partial charge >= 0.3 is 5.97 Å². The maximum absolute atomic E-state index is 14.2. The number of morpholine rings is 1. The van der Waals surface area contributed by atoms with Crippen molar-refractivity contribution < 1.29 is 23.0 Å². The van der Waals surface area contributed by atoms with Crippen LogP contribution in [0.3, 0.4) is 0 Å². The van der Waals surface area contributed by atoms with Crippen LogP contribution >= 0.6 is 15.9 Å². The Bertz CT molecular complexity index is 504. The maximum Gasteiger partial charge on any atom is 0.340 e. The van der Waals surface area contributed by atoms with Gasteiger partial charge in [0.25, 0.3) is 0 Å². The summed E-state index contributed by atoms with van der Waals surface area (Å²) in [4.78, 5) is 13.3. The number of carbonyl (C=O) groups excluding carboxylic acids is 1. The van der Waals surface area contributed by atoms with Crippen LogP contribution in [0.15, 0.2) is 10.5 Å². The normalized spacial score (nSPS) is 15.5. The number of nitrogens with zero attached hydrogens (tertiary/aromatic N) is 1. The van der Waals surface area contributed by atoms with E-state index in [4.69, 9.17) is 4.74 Å². The van der Waals surface area contributed by atoms with E-state index in [0.29, 0.717) is 26.3 Å². The predicted molar refractivity (Wildman–Crippen MR) is 68.4 cm³/mol. The van der Waals surface area contributed by atoms with Gasteiger partial charge in [0.15, 0.2) is 5.82 Å². The summed E-state index contributed by atoms with van der Waals surface area (Å²) in [6.45, 7) is 1.71. The van der Waals surface area contributed by atoms with Crippen LogP contribution in [0.2, 0.25) is 0 Å². The molecule has 4 nitrogen and oxygen atoms in total. The molecular formula is C12H12BrF2NO3. The third-order valence-electron chi connectivity index (χ3n) is 2.87. The molecule has 1 saturated heterocycles. The van der Waals surface area contributed by atoms with Gasteiger partial charge in [-0.1, -0.05) is 0 Å². The Morgan fingerprint density at radius 3 is 2.63 bits per heavy atom. The number of carbonyl (C=O) groups is 1. The quantitative estimate of drug-likeness (QED) is 0.614. The van der Waals surface area contributed by atoms with Crippen LogP contribution in [-0.2, 0) is 9.47 Å². The minimum Gasteiger partial charge on any atom is -0.465 e. The molecule has 0 N–H and O–H groups in total. The van der Waals surface area contributed by atoms with Crippen molar-refractivity contribution in [2.24, 2.45) is 0 Å². The molecule has 2 rings (SSSR count). The number of esters is 1. The highest BCUT2D eigenvalue weighted by Crippen LogP contribution is 2.33. The van der Waals surface area contributed by atoms with Crippen LogP contribution < -0.4 is 4.90 Å². The zero-order chi connectivity index (χ0) is 14.0. The molecule has 0 radical (unpaired) electrons. The van der Waals surface area contributed by atoms with E-state index in [9.17, 15) is 13.6 Å². The molecule has 104 valence electrons. The van der Waals surface area contributed by atoms with Crippen molar-refractivity contribution in [1.82, 2.24) is 0 Å². The summed E-state index contributed by atoms with van der Waals surface area (Å²) in [5, 5.41) is 0. The highest BCUT2D eigenvalue weighted by Gasteiger charge is 2.27. The van der Waals surface area contributed by atoms with Crippen LogP contribution in [0.1, 0.15) is 10.4 Å². The largest absolute Gasteiger partial charge is 0.465 e. The first-order valence-electron chi connectivity index (χ1n) is 5.64. The number of benzene rings is 1. The monoisotopic (exact) mass is 335 g/mol. The van der Waals surface area contributed by atoms with E-state index in [1.54, 1.807) is 4.90 Å². The summed E-state index contributed by atoms with van der Waals surface area (Å²) in [5.41, 5.74) is -0.0778. The van der Waals surface area contributed by atoms with E-state index < -0.39 is 17.6 Å². The van der Waals surface area contributed by atoms with Crippen molar-refractivity contribution in [2.75, 3.05) is 38.3 Å². The lowest BCUT2D eigenvalue weighted by Gasteiger charge is -2.30. The van der Waals surface area contributed by atoms with Gasteiger partial charge in [-0.05, 0) is 22.0 Å². The number of halogens is 3. The number of hydrogen-bond donors (Lipinski definition) is 0. The molecule has 0 saturated carbocycles. The summed E-state index contributed by atoms with van der Waals surface area (Å²) < 4.78 is 37.2. The predicted octanol–water partition coefficient (Wildman–Crippen LogP) is 2.35. The Hall–Kier alpha value is -1.21. The minimum absolute atomic E-state index is 0.0448. The molecule has 0 amide bonds. The van der Waals surface area contributed by atoms with Gasteiger partial charge in [0, 0.05) is 13.1 Å². The first-order chi connectivity index (χ1) is 9.06. The summed E-state index contributed by atoms with van der Waals surface area (Å²) >= 11 is 2.84. The van der Waals surface area contributed by atoms with Crippen LogP contribution in [0, 0.1) is 11.6 Å². The van der Waals surface area contributed by atoms with Gasteiger partial charge < -0.3 is 14.4 Å². The highest BCUT2D eigenvalue weighted by atomic mass is 79.9. The molecule has 1 aliphatic heterocycles. The molecule has 0 aliphatic carbocycles. The van der Waals surface area contributed by atoms with E-state index in [-0.39, 0.29) is 15.7 Å². The number of ether oxygens (including phenoxy) is 2. The molecule has 0 aromatic heterocycles. The van der Waals surface area contributed by atoms with Gasteiger partial charge in [-0.2, -0.15) is 0 Å². The molecular weight excluding hydrogens is 324 g/mol. The lowest BCUT2D eigenvalue weighted by atomic mass is 10.1. The fourth-order valence-corrected chi connectivity index (χ4v) is 2.25. The summed E-state index contributed by atoms with van der Waals surface area (Å²) in [6, 6.07) is 0.976. The third kappa shape index (κ3) is 2.71. The van der Waals surface area contributed by atoms with E-state index in [2.05, 4.69) is 20.7 Å². The zero-order valence-electron chi connectivity index (χ0n) is 10.2. The second-order valence-electron chi connectivity index (χ2n) is 3.97.